The van der Waals surface area contributed by atoms with Crippen molar-refractivity contribution in [3.63, 3.8) is 0 Å². The summed E-state index contributed by atoms with van der Waals surface area (Å²) in [5.41, 5.74) is 9.40. The molecule has 4 nitrogen and oxygen atoms in total. The molecule has 0 saturated carbocycles. The summed E-state index contributed by atoms with van der Waals surface area (Å²) >= 11 is 0. The SMILES string of the molecule is NCCc1ccc(-c2nnc3ccccc3n2)cc1. The van der Waals surface area contributed by atoms with Gasteiger partial charge in [-0.15, -0.1) is 10.2 Å². The Bertz CT molecular complexity index is 692. The van der Waals surface area contributed by atoms with Crippen LogP contribution in [-0.2, 0) is 6.42 Å². The van der Waals surface area contributed by atoms with Crippen LogP contribution in [-0.4, -0.2) is 21.7 Å². The van der Waals surface area contributed by atoms with Gasteiger partial charge >= 0.3 is 0 Å². The van der Waals surface area contributed by atoms with Gasteiger partial charge in [0.05, 0.1) is 5.52 Å². The highest BCUT2D eigenvalue weighted by molar-refractivity contribution is 5.75. The monoisotopic (exact) mass is 250 g/mol. The van der Waals surface area contributed by atoms with Gasteiger partial charge in [-0.1, -0.05) is 36.4 Å². The molecule has 3 rings (SSSR count). The average molecular weight is 250 g/mol. The van der Waals surface area contributed by atoms with Gasteiger partial charge in [-0.2, -0.15) is 0 Å². The summed E-state index contributed by atoms with van der Waals surface area (Å²) in [6.07, 6.45) is 0.886. The Morgan fingerprint density at radius 2 is 1.58 bits per heavy atom. The van der Waals surface area contributed by atoms with E-state index in [0.717, 1.165) is 23.0 Å². The molecule has 0 saturated heterocycles. The van der Waals surface area contributed by atoms with Crippen LogP contribution in [0, 0.1) is 0 Å². The second kappa shape index (κ2) is 5.12. The largest absolute Gasteiger partial charge is 0.330 e. The summed E-state index contributed by atoms with van der Waals surface area (Å²) in [5.74, 6) is 0.651. The maximum absolute atomic E-state index is 5.54. The van der Waals surface area contributed by atoms with Crippen LogP contribution < -0.4 is 5.73 Å². The molecule has 19 heavy (non-hydrogen) atoms. The van der Waals surface area contributed by atoms with Gasteiger partial charge in [0.1, 0.15) is 5.52 Å². The molecule has 0 radical (unpaired) electrons. The Morgan fingerprint density at radius 1 is 0.842 bits per heavy atom. The number of hydrogen-bond donors (Lipinski definition) is 1. The van der Waals surface area contributed by atoms with Crippen molar-refractivity contribution in [1.82, 2.24) is 15.2 Å². The highest BCUT2D eigenvalue weighted by atomic mass is 15.1. The number of aromatic nitrogens is 3. The summed E-state index contributed by atoms with van der Waals surface area (Å²) in [4.78, 5) is 4.52. The molecular weight excluding hydrogens is 236 g/mol. The van der Waals surface area contributed by atoms with E-state index in [2.05, 4.69) is 27.3 Å². The van der Waals surface area contributed by atoms with E-state index in [1.165, 1.54) is 5.56 Å². The molecule has 2 N–H and O–H groups in total. The average Bonchev–Trinajstić information content (AvgIpc) is 2.48. The van der Waals surface area contributed by atoms with Crippen LogP contribution in [0.2, 0.25) is 0 Å². The van der Waals surface area contributed by atoms with Crippen molar-refractivity contribution in [1.29, 1.82) is 0 Å². The molecule has 1 aromatic heterocycles. The first-order valence-corrected chi connectivity index (χ1v) is 6.25. The van der Waals surface area contributed by atoms with Gasteiger partial charge in [0, 0.05) is 5.56 Å². The number of fused-ring (bicyclic) bond motifs is 1. The molecule has 0 fully saturated rings. The fourth-order valence-corrected chi connectivity index (χ4v) is 1.99. The lowest BCUT2D eigenvalue weighted by atomic mass is 10.1. The quantitative estimate of drug-likeness (QED) is 0.774. The zero-order valence-corrected chi connectivity index (χ0v) is 10.5. The van der Waals surface area contributed by atoms with E-state index in [1.807, 2.05) is 36.4 Å². The van der Waals surface area contributed by atoms with Crippen LogP contribution in [0.1, 0.15) is 5.56 Å². The summed E-state index contributed by atoms with van der Waals surface area (Å²) in [6, 6.07) is 15.9. The summed E-state index contributed by atoms with van der Waals surface area (Å²) in [5, 5.41) is 8.35. The maximum Gasteiger partial charge on any atom is 0.182 e. The molecule has 0 unspecified atom stereocenters. The maximum atomic E-state index is 5.54. The van der Waals surface area contributed by atoms with E-state index in [-0.39, 0.29) is 0 Å². The lowest BCUT2D eigenvalue weighted by molar-refractivity contribution is 0.968. The molecule has 2 aromatic carbocycles. The minimum Gasteiger partial charge on any atom is -0.330 e. The van der Waals surface area contributed by atoms with E-state index >= 15 is 0 Å². The second-order valence-electron chi connectivity index (χ2n) is 4.36. The third kappa shape index (κ3) is 2.44. The van der Waals surface area contributed by atoms with Crippen molar-refractivity contribution in [3.05, 3.63) is 54.1 Å². The Labute approximate surface area is 111 Å². The number of nitrogens with zero attached hydrogens (tertiary/aromatic N) is 3. The van der Waals surface area contributed by atoms with Gasteiger partial charge in [0.15, 0.2) is 5.82 Å². The van der Waals surface area contributed by atoms with Gasteiger partial charge in [-0.05, 0) is 30.7 Å². The molecule has 4 heteroatoms. The van der Waals surface area contributed by atoms with E-state index < -0.39 is 0 Å². The Morgan fingerprint density at radius 3 is 2.32 bits per heavy atom. The predicted octanol–water partition coefficient (Wildman–Crippen LogP) is 2.19. The number of benzene rings is 2. The van der Waals surface area contributed by atoms with Crippen molar-refractivity contribution < 1.29 is 0 Å². The van der Waals surface area contributed by atoms with Crippen LogP contribution in [0.4, 0.5) is 0 Å². The Balaban J connectivity index is 1.99. The van der Waals surface area contributed by atoms with E-state index in [4.69, 9.17) is 5.73 Å². The fraction of sp³-hybridized carbons (Fsp3) is 0.133. The third-order valence-corrected chi connectivity index (χ3v) is 3.01. The van der Waals surface area contributed by atoms with Crippen LogP contribution in [0.25, 0.3) is 22.4 Å². The topological polar surface area (TPSA) is 64.7 Å². The predicted molar refractivity (Wildman–Crippen MR) is 75.5 cm³/mol. The van der Waals surface area contributed by atoms with E-state index in [0.29, 0.717) is 12.4 Å². The second-order valence-corrected chi connectivity index (χ2v) is 4.36. The molecular formula is C15H14N4. The summed E-state index contributed by atoms with van der Waals surface area (Å²) < 4.78 is 0. The Hall–Kier alpha value is -2.33. The highest BCUT2D eigenvalue weighted by Crippen LogP contribution is 2.17. The van der Waals surface area contributed by atoms with Crippen molar-refractivity contribution in [2.75, 3.05) is 6.54 Å². The van der Waals surface area contributed by atoms with Gasteiger partial charge in [0.2, 0.25) is 0 Å². The molecule has 0 bridgehead atoms. The first kappa shape index (κ1) is 11.7. The molecule has 94 valence electrons. The number of nitrogens with two attached hydrogens (primary N) is 1. The minimum absolute atomic E-state index is 0.651. The van der Waals surface area contributed by atoms with Crippen LogP contribution in [0.5, 0.6) is 0 Å². The highest BCUT2D eigenvalue weighted by Gasteiger charge is 2.04. The zero-order valence-electron chi connectivity index (χ0n) is 10.5. The number of para-hydroxylation sites is 1. The van der Waals surface area contributed by atoms with Gasteiger partial charge in [0.25, 0.3) is 0 Å². The Kier molecular flexibility index (Phi) is 3.16. The number of hydrogen-bond acceptors (Lipinski definition) is 4. The normalized spacial score (nSPS) is 10.8. The van der Waals surface area contributed by atoms with E-state index in [9.17, 15) is 0 Å². The van der Waals surface area contributed by atoms with Crippen molar-refractivity contribution >= 4 is 11.0 Å². The standard InChI is InChI=1S/C15H14N4/c16-10-9-11-5-7-12(8-6-11)15-17-13-3-1-2-4-14(13)18-19-15/h1-8H,9-10,16H2. The molecule has 3 aromatic rings. The first-order valence-electron chi connectivity index (χ1n) is 6.25. The molecule has 0 aliphatic carbocycles. The van der Waals surface area contributed by atoms with Crippen LogP contribution >= 0.6 is 0 Å². The smallest absolute Gasteiger partial charge is 0.182 e. The van der Waals surface area contributed by atoms with E-state index in [1.54, 1.807) is 0 Å². The summed E-state index contributed by atoms with van der Waals surface area (Å²) in [6.45, 7) is 0.660. The first-order chi connectivity index (χ1) is 9.36. The van der Waals surface area contributed by atoms with Crippen molar-refractivity contribution in [2.45, 2.75) is 6.42 Å². The molecule has 0 spiro atoms. The lowest BCUT2D eigenvalue weighted by Gasteiger charge is -2.03. The molecule has 1 heterocycles. The zero-order chi connectivity index (χ0) is 13.1. The van der Waals surface area contributed by atoms with Crippen molar-refractivity contribution in [2.24, 2.45) is 5.73 Å². The molecule has 0 amide bonds. The summed E-state index contributed by atoms with van der Waals surface area (Å²) in [7, 11) is 0. The van der Waals surface area contributed by atoms with Crippen LogP contribution in [0.3, 0.4) is 0 Å². The van der Waals surface area contributed by atoms with Crippen molar-refractivity contribution in [3.8, 4) is 11.4 Å². The fourth-order valence-electron chi connectivity index (χ4n) is 1.99. The lowest BCUT2D eigenvalue weighted by Crippen LogP contribution is -2.02. The molecule has 0 aliphatic heterocycles. The molecule has 0 aliphatic rings. The molecule has 0 atom stereocenters. The van der Waals surface area contributed by atoms with Gasteiger partial charge in [-0.25, -0.2) is 4.98 Å². The number of rotatable bonds is 3. The van der Waals surface area contributed by atoms with Gasteiger partial charge < -0.3 is 5.73 Å². The van der Waals surface area contributed by atoms with Gasteiger partial charge in [-0.3, -0.25) is 0 Å². The third-order valence-electron chi connectivity index (χ3n) is 3.01. The van der Waals surface area contributed by atoms with Crippen LogP contribution in [0.15, 0.2) is 48.5 Å². The minimum atomic E-state index is 0.651.